The van der Waals surface area contributed by atoms with Crippen molar-refractivity contribution >= 4 is 28.6 Å². The van der Waals surface area contributed by atoms with Crippen LogP contribution in [0.5, 0.6) is 0 Å². The molecule has 0 saturated carbocycles. The van der Waals surface area contributed by atoms with Gasteiger partial charge in [0.25, 0.3) is 11.6 Å². The summed E-state index contributed by atoms with van der Waals surface area (Å²) in [7, 11) is -2.24. The monoisotopic (exact) mass is 481 g/mol. The number of thiol groups is 1. The van der Waals surface area contributed by atoms with Crippen molar-refractivity contribution in [2.75, 3.05) is 11.9 Å². The van der Waals surface area contributed by atoms with E-state index in [1.54, 1.807) is 12.1 Å². The highest BCUT2D eigenvalue weighted by atomic mass is 32.2. The summed E-state index contributed by atoms with van der Waals surface area (Å²) in [4.78, 5) is 5.36. The van der Waals surface area contributed by atoms with Crippen molar-refractivity contribution in [3.63, 3.8) is 0 Å². The number of hydrogen-bond donors (Lipinski definition) is 2. The van der Waals surface area contributed by atoms with Crippen LogP contribution in [0.1, 0.15) is 75.4 Å². The molecule has 0 atom stereocenters. The van der Waals surface area contributed by atoms with Crippen LogP contribution in [-0.2, 0) is 17.2 Å². The molecule has 0 aliphatic heterocycles. The van der Waals surface area contributed by atoms with Gasteiger partial charge in [0.15, 0.2) is 0 Å². The molecule has 1 aromatic heterocycles. The zero-order chi connectivity index (χ0) is 24.1. The number of aromatic nitrogens is 2. The lowest BCUT2D eigenvalue weighted by Crippen LogP contribution is -2.37. The van der Waals surface area contributed by atoms with Gasteiger partial charge in [-0.1, -0.05) is 69.6 Å². The Hall–Kier alpha value is -1.64. The molecule has 0 radical (unpaired) electrons. The Morgan fingerprint density at radius 3 is 2.03 bits per heavy atom. The Kier molecular flexibility index (Phi) is 12.9. The van der Waals surface area contributed by atoms with E-state index in [4.69, 9.17) is 0 Å². The van der Waals surface area contributed by atoms with Gasteiger partial charge in [-0.15, -0.1) is 12.6 Å². The molecule has 1 N–H and O–H groups in total. The minimum atomic E-state index is -4.27. The molecule has 2 rings (SSSR count). The first-order chi connectivity index (χ1) is 15.1. The topological polar surface area (TPSA) is 86.0 Å². The van der Waals surface area contributed by atoms with E-state index in [9.17, 15) is 13.0 Å². The molecule has 6 nitrogen and oxygen atoms in total. The molecule has 0 unspecified atom stereocenters. The summed E-state index contributed by atoms with van der Waals surface area (Å²) in [5.74, 6) is 1.94. The van der Waals surface area contributed by atoms with Gasteiger partial charge < -0.3 is 9.87 Å². The predicted molar refractivity (Wildman–Crippen MR) is 132 cm³/mol. The van der Waals surface area contributed by atoms with Gasteiger partial charge >= 0.3 is 0 Å². The second-order valence-electron chi connectivity index (χ2n) is 8.17. The van der Waals surface area contributed by atoms with Crippen molar-refractivity contribution in [3.05, 3.63) is 41.3 Å². The fraction of sp³-hybridized carbons (Fsp3) is 0.583. The minimum absolute atomic E-state index is 0.178. The Bertz CT molecular complexity index is 930. The summed E-state index contributed by atoms with van der Waals surface area (Å²) in [5.41, 5.74) is 2.08. The molecular weight excluding hydrogens is 442 g/mol. The molecule has 0 spiro atoms. The first-order valence-corrected chi connectivity index (χ1v) is 13.3. The van der Waals surface area contributed by atoms with Gasteiger partial charge in [-0.25, -0.2) is 13.0 Å². The predicted octanol–water partition coefficient (Wildman–Crippen LogP) is 5.26. The number of rotatable bonds is 11. The number of aryl methyl sites for hydroxylation is 2. The summed E-state index contributed by atoms with van der Waals surface area (Å²) < 4.78 is 33.2. The summed E-state index contributed by atoms with van der Waals surface area (Å²) >= 11 is 4.57. The highest BCUT2D eigenvalue weighted by Crippen LogP contribution is 2.19. The van der Waals surface area contributed by atoms with Crippen LogP contribution in [0.2, 0.25) is 0 Å². The van der Waals surface area contributed by atoms with E-state index < -0.39 is 10.1 Å². The summed E-state index contributed by atoms with van der Waals surface area (Å²) in [6.07, 6.45) is 10.8. The van der Waals surface area contributed by atoms with E-state index >= 15 is 0 Å². The van der Waals surface area contributed by atoms with Crippen molar-refractivity contribution in [1.82, 2.24) is 4.98 Å². The first kappa shape index (κ1) is 28.4. The van der Waals surface area contributed by atoms with E-state index in [0.29, 0.717) is 0 Å². The van der Waals surface area contributed by atoms with Gasteiger partial charge in [-0.3, -0.25) is 0 Å². The molecule has 0 saturated heterocycles. The summed E-state index contributed by atoms with van der Waals surface area (Å²) in [6.45, 7) is 9.19. The Labute approximate surface area is 200 Å². The van der Waals surface area contributed by atoms with Crippen LogP contribution >= 0.6 is 12.6 Å². The molecule has 2 aromatic rings. The fourth-order valence-corrected chi connectivity index (χ4v) is 3.90. The molecule has 32 heavy (non-hydrogen) atoms. The first-order valence-electron chi connectivity index (χ1n) is 11.4. The van der Waals surface area contributed by atoms with Crippen LogP contribution in [0.25, 0.3) is 0 Å². The highest BCUT2D eigenvalue weighted by Gasteiger charge is 2.16. The molecule has 1 aromatic carbocycles. The summed E-state index contributed by atoms with van der Waals surface area (Å²) in [6, 6.07) is 5.78. The molecule has 8 heteroatoms. The van der Waals surface area contributed by atoms with Crippen LogP contribution < -0.4 is 9.88 Å². The number of hydrogen-bond acceptors (Lipinski definition) is 6. The average molecular weight is 482 g/mol. The quantitative estimate of drug-likeness (QED) is 0.198. The fourth-order valence-electron chi connectivity index (χ4n) is 3.16. The number of nitrogens with zero attached hydrogens (tertiary/aromatic N) is 2. The maximum atomic E-state index is 10.4. The van der Waals surface area contributed by atoms with Crippen molar-refractivity contribution in [2.45, 2.75) is 88.9 Å². The standard InChI is InChI=1S/C17H31N3S.C7H8O3S/c1-5-6-7-8-9-10-11-12-13-18-17-16(21)14(2)20(4)15(3)19-17;1-6-2-4-7(5-3-6)11(8,9)10/h21H,5-13H2,1-4H3;2-5H,1H3,(H,8,9,10). The zero-order valence-corrected chi connectivity index (χ0v) is 21.9. The largest absolute Gasteiger partial charge is 0.744 e. The highest BCUT2D eigenvalue weighted by molar-refractivity contribution is 7.85. The van der Waals surface area contributed by atoms with E-state index in [1.165, 1.54) is 63.5 Å². The maximum Gasteiger partial charge on any atom is 0.297 e. The van der Waals surface area contributed by atoms with Gasteiger partial charge in [0, 0.05) is 13.5 Å². The molecule has 180 valence electrons. The van der Waals surface area contributed by atoms with Crippen LogP contribution in [0.3, 0.4) is 0 Å². The molecule has 0 fully saturated rings. The third kappa shape index (κ3) is 10.3. The number of unbranched alkanes of at least 4 members (excludes halogenated alkanes) is 7. The minimum Gasteiger partial charge on any atom is -0.744 e. The van der Waals surface area contributed by atoms with Crippen LogP contribution in [0, 0.1) is 20.8 Å². The van der Waals surface area contributed by atoms with Crippen molar-refractivity contribution in [3.8, 4) is 0 Å². The molecule has 0 amide bonds. The second kappa shape index (κ2) is 14.5. The van der Waals surface area contributed by atoms with E-state index in [2.05, 4.69) is 41.3 Å². The molecule has 0 bridgehead atoms. The van der Waals surface area contributed by atoms with Crippen molar-refractivity contribution < 1.29 is 17.5 Å². The smallest absolute Gasteiger partial charge is 0.297 e. The van der Waals surface area contributed by atoms with Crippen LogP contribution in [0.4, 0.5) is 5.82 Å². The SMILES string of the molecule is CCCCCCCCCCNc1nc(C)[n+](C)c(C)c1S.Cc1ccc(S(=O)(=O)[O-])cc1. The molecule has 0 aliphatic rings. The van der Waals surface area contributed by atoms with Gasteiger partial charge in [0.2, 0.25) is 0 Å². The maximum absolute atomic E-state index is 10.4. The van der Waals surface area contributed by atoms with Crippen LogP contribution in [0.15, 0.2) is 34.1 Å². The lowest BCUT2D eigenvalue weighted by atomic mass is 10.1. The van der Waals surface area contributed by atoms with Gasteiger partial charge in [0.05, 0.1) is 11.9 Å². The number of nitrogens with one attached hydrogen (secondary N) is 1. The summed E-state index contributed by atoms with van der Waals surface area (Å²) in [5, 5.41) is 3.43. The zero-order valence-electron chi connectivity index (χ0n) is 20.1. The second-order valence-corrected chi connectivity index (χ2v) is 10.00. The van der Waals surface area contributed by atoms with Gasteiger partial charge in [-0.05, 0) is 37.4 Å². The molecule has 1 heterocycles. The number of benzene rings is 1. The lowest BCUT2D eigenvalue weighted by Gasteiger charge is -2.08. The van der Waals surface area contributed by atoms with E-state index in [1.807, 2.05) is 20.9 Å². The Balaban J connectivity index is 0.000000389. The van der Waals surface area contributed by atoms with Crippen molar-refractivity contribution in [2.24, 2.45) is 7.05 Å². The Morgan fingerprint density at radius 1 is 0.969 bits per heavy atom. The van der Waals surface area contributed by atoms with Gasteiger partial charge in [0.1, 0.15) is 20.7 Å². The molecular formula is C24H39N3O3S2. The van der Waals surface area contributed by atoms with Crippen LogP contribution in [-0.4, -0.2) is 24.5 Å². The third-order valence-corrected chi connectivity index (χ3v) is 6.85. The number of anilines is 1. The van der Waals surface area contributed by atoms with E-state index in [-0.39, 0.29) is 4.90 Å². The molecule has 0 aliphatic carbocycles. The van der Waals surface area contributed by atoms with Crippen molar-refractivity contribution in [1.29, 1.82) is 0 Å². The van der Waals surface area contributed by atoms with Gasteiger partial charge in [-0.2, -0.15) is 0 Å². The average Bonchev–Trinajstić information content (AvgIpc) is 2.74. The normalized spacial score (nSPS) is 11.1. The third-order valence-electron chi connectivity index (χ3n) is 5.46. The lowest BCUT2D eigenvalue weighted by molar-refractivity contribution is -0.688. The van der Waals surface area contributed by atoms with E-state index in [0.717, 1.165) is 34.3 Å². The Morgan fingerprint density at radius 2 is 1.50 bits per heavy atom.